The number of nitrogens with one attached hydrogen (secondary N) is 1. The average Bonchev–Trinajstić information content (AvgIpc) is 2.83. The highest BCUT2D eigenvalue weighted by atomic mass is 35.5. The fourth-order valence-corrected chi connectivity index (χ4v) is 2.64. The van der Waals surface area contributed by atoms with Crippen LogP contribution in [0.25, 0.3) is 0 Å². The van der Waals surface area contributed by atoms with Crippen LogP contribution in [-0.2, 0) is 9.59 Å². The zero-order valence-electron chi connectivity index (χ0n) is 12.4. The number of halogens is 1. The summed E-state index contributed by atoms with van der Waals surface area (Å²) in [6, 6.07) is 11.8. The average molecular weight is 345 g/mol. The number of hydrogen-bond acceptors (Lipinski definition) is 4. The number of carboxylic acid groups (broad SMARTS) is 1. The molecule has 7 heteroatoms. The van der Waals surface area contributed by atoms with Gasteiger partial charge in [-0.1, -0.05) is 11.6 Å². The maximum Gasteiger partial charge on any atom is 0.335 e. The predicted octanol–water partition coefficient (Wildman–Crippen LogP) is 2.78. The Kier molecular flexibility index (Phi) is 4.22. The number of nitrogens with zero attached hydrogens (tertiary/aromatic N) is 1. The van der Waals surface area contributed by atoms with Crippen molar-refractivity contribution in [3.63, 3.8) is 0 Å². The summed E-state index contributed by atoms with van der Waals surface area (Å²) in [6.07, 6.45) is 0.0299. The second-order valence-corrected chi connectivity index (χ2v) is 5.76. The molecule has 0 radical (unpaired) electrons. The smallest absolute Gasteiger partial charge is 0.335 e. The van der Waals surface area contributed by atoms with Crippen LogP contribution < -0.4 is 10.2 Å². The first-order valence-corrected chi connectivity index (χ1v) is 7.56. The molecule has 0 aromatic heterocycles. The lowest BCUT2D eigenvalue weighted by Crippen LogP contribution is -2.34. The molecule has 1 fully saturated rings. The highest BCUT2D eigenvalue weighted by Crippen LogP contribution is 2.26. The summed E-state index contributed by atoms with van der Waals surface area (Å²) < 4.78 is 0. The highest BCUT2D eigenvalue weighted by Gasteiger charge is 2.39. The van der Waals surface area contributed by atoms with Crippen molar-refractivity contribution in [1.82, 2.24) is 0 Å². The first kappa shape index (κ1) is 16.0. The Hall–Kier alpha value is -2.86. The van der Waals surface area contributed by atoms with E-state index in [1.54, 1.807) is 36.4 Å². The Morgan fingerprint density at radius 3 is 2.29 bits per heavy atom. The fourth-order valence-electron chi connectivity index (χ4n) is 2.52. The van der Waals surface area contributed by atoms with Crippen LogP contribution in [0.4, 0.5) is 11.4 Å². The van der Waals surface area contributed by atoms with E-state index in [0.717, 1.165) is 4.90 Å². The lowest BCUT2D eigenvalue weighted by molar-refractivity contribution is -0.121. The van der Waals surface area contributed by atoms with Crippen LogP contribution in [0, 0.1) is 0 Å². The van der Waals surface area contributed by atoms with Gasteiger partial charge in [0.2, 0.25) is 5.91 Å². The van der Waals surface area contributed by atoms with Gasteiger partial charge in [0.25, 0.3) is 5.91 Å². The van der Waals surface area contributed by atoms with Gasteiger partial charge in [-0.15, -0.1) is 0 Å². The Morgan fingerprint density at radius 1 is 1.08 bits per heavy atom. The summed E-state index contributed by atoms with van der Waals surface area (Å²) in [5, 5.41) is 12.4. The number of carbonyl (C=O) groups is 3. The lowest BCUT2D eigenvalue weighted by Gasteiger charge is -2.16. The molecule has 0 aliphatic carbocycles. The molecule has 2 aromatic rings. The third-order valence-electron chi connectivity index (χ3n) is 3.70. The first-order chi connectivity index (χ1) is 11.5. The van der Waals surface area contributed by atoms with E-state index in [2.05, 4.69) is 5.32 Å². The number of carbonyl (C=O) groups excluding carboxylic acids is 2. The second kappa shape index (κ2) is 6.33. The van der Waals surface area contributed by atoms with Crippen molar-refractivity contribution in [2.24, 2.45) is 0 Å². The molecule has 1 heterocycles. The van der Waals surface area contributed by atoms with E-state index in [1.165, 1.54) is 12.1 Å². The summed E-state index contributed by atoms with van der Waals surface area (Å²) >= 11 is 5.82. The zero-order chi connectivity index (χ0) is 17.3. The number of rotatable bonds is 4. The molecular formula is C17H13ClN2O4. The molecule has 2 N–H and O–H groups in total. The first-order valence-electron chi connectivity index (χ1n) is 7.18. The summed E-state index contributed by atoms with van der Waals surface area (Å²) in [4.78, 5) is 36.6. The van der Waals surface area contributed by atoms with Gasteiger partial charge in [0.1, 0.15) is 6.04 Å². The van der Waals surface area contributed by atoms with Gasteiger partial charge in [0, 0.05) is 10.7 Å². The molecule has 3 rings (SSSR count). The summed E-state index contributed by atoms with van der Waals surface area (Å²) in [6.45, 7) is 0. The largest absolute Gasteiger partial charge is 0.478 e. The molecule has 2 aromatic carbocycles. The predicted molar refractivity (Wildman–Crippen MR) is 89.4 cm³/mol. The molecule has 1 aliphatic rings. The van der Waals surface area contributed by atoms with Crippen LogP contribution in [0.15, 0.2) is 48.5 Å². The molecule has 0 saturated carbocycles. The monoisotopic (exact) mass is 344 g/mol. The van der Waals surface area contributed by atoms with E-state index >= 15 is 0 Å². The molecular weight excluding hydrogens is 332 g/mol. The van der Waals surface area contributed by atoms with Crippen molar-refractivity contribution in [2.45, 2.75) is 12.5 Å². The van der Waals surface area contributed by atoms with Crippen molar-refractivity contribution in [2.75, 3.05) is 10.2 Å². The molecule has 1 unspecified atom stereocenters. The number of amides is 2. The second-order valence-electron chi connectivity index (χ2n) is 5.33. The Labute approximate surface area is 142 Å². The topological polar surface area (TPSA) is 86.7 Å². The van der Waals surface area contributed by atoms with Gasteiger partial charge in [0.05, 0.1) is 17.7 Å². The van der Waals surface area contributed by atoms with Crippen LogP contribution >= 0.6 is 11.6 Å². The normalized spacial score (nSPS) is 17.2. The van der Waals surface area contributed by atoms with E-state index < -0.39 is 12.0 Å². The van der Waals surface area contributed by atoms with E-state index in [4.69, 9.17) is 16.7 Å². The van der Waals surface area contributed by atoms with Crippen LogP contribution in [0.1, 0.15) is 16.8 Å². The zero-order valence-corrected chi connectivity index (χ0v) is 13.2. The number of carboxylic acids is 1. The number of anilines is 2. The number of benzene rings is 2. The molecule has 122 valence electrons. The minimum atomic E-state index is -1.03. The molecule has 1 atom stereocenters. The highest BCUT2D eigenvalue weighted by molar-refractivity contribution is 6.30. The minimum Gasteiger partial charge on any atom is -0.478 e. The van der Waals surface area contributed by atoms with Crippen molar-refractivity contribution in [3.05, 3.63) is 59.1 Å². The van der Waals surface area contributed by atoms with Crippen molar-refractivity contribution >= 4 is 40.8 Å². The van der Waals surface area contributed by atoms with Crippen molar-refractivity contribution < 1.29 is 19.5 Å². The van der Waals surface area contributed by atoms with Crippen molar-refractivity contribution in [3.8, 4) is 0 Å². The van der Waals surface area contributed by atoms with E-state index in [9.17, 15) is 14.4 Å². The Morgan fingerprint density at radius 2 is 1.71 bits per heavy atom. The fraction of sp³-hybridized carbons (Fsp3) is 0.118. The molecule has 24 heavy (non-hydrogen) atoms. The Bertz CT molecular complexity index is 802. The molecule has 6 nitrogen and oxygen atoms in total. The molecule has 2 amide bonds. The summed E-state index contributed by atoms with van der Waals surface area (Å²) in [5.74, 6) is -1.69. The van der Waals surface area contributed by atoms with E-state index in [0.29, 0.717) is 16.4 Å². The van der Waals surface area contributed by atoms with Crippen LogP contribution in [0.5, 0.6) is 0 Å². The maximum absolute atomic E-state index is 12.5. The van der Waals surface area contributed by atoms with Crippen LogP contribution in [-0.4, -0.2) is 28.9 Å². The van der Waals surface area contributed by atoms with Crippen LogP contribution in [0.3, 0.4) is 0 Å². The lowest BCUT2D eigenvalue weighted by atomic mass is 10.2. The van der Waals surface area contributed by atoms with Gasteiger partial charge in [0.15, 0.2) is 0 Å². The quantitative estimate of drug-likeness (QED) is 0.833. The number of imide groups is 1. The summed E-state index contributed by atoms with van der Waals surface area (Å²) in [5.41, 5.74) is 1.20. The van der Waals surface area contributed by atoms with E-state index in [-0.39, 0.29) is 23.8 Å². The van der Waals surface area contributed by atoms with Gasteiger partial charge in [-0.3, -0.25) is 9.59 Å². The number of hydrogen-bond donors (Lipinski definition) is 2. The van der Waals surface area contributed by atoms with Crippen molar-refractivity contribution in [1.29, 1.82) is 0 Å². The van der Waals surface area contributed by atoms with Gasteiger partial charge in [-0.25, -0.2) is 9.69 Å². The van der Waals surface area contributed by atoms with Gasteiger partial charge in [-0.05, 0) is 48.5 Å². The van der Waals surface area contributed by atoms with Gasteiger partial charge < -0.3 is 10.4 Å². The molecule has 1 aliphatic heterocycles. The number of aromatic carboxylic acids is 1. The van der Waals surface area contributed by atoms with Gasteiger partial charge in [-0.2, -0.15) is 0 Å². The minimum absolute atomic E-state index is 0.0299. The molecule has 1 saturated heterocycles. The standard InChI is InChI=1S/C17H13ClN2O4/c18-11-3-7-13(8-4-11)20-15(21)9-14(16(20)22)19-12-5-1-10(2-6-12)17(23)24/h1-8,14,19H,9H2,(H,23,24). The summed E-state index contributed by atoms with van der Waals surface area (Å²) in [7, 11) is 0. The van der Waals surface area contributed by atoms with Gasteiger partial charge >= 0.3 is 5.97 Å². The SMILES string of the molecule is O=C(O)c1ccc(NC2CC(=O)N(c3ccc(Cl)cc3)C2=O)cc1. The molecule has 0 spiro atoms. The third kappa shape index (κ3) is 3.09. The van der Waals surface area contributed by atoms with E-state index in [1.807, 2.05) is 0 Å². The maximum atomic E-state index is 12.5. The van der Waals surface area contributed by atoms with Crippen LogP contribution in [0.2, 0.25) is 5.02 Å². The molecule has 0 bridgehead atoms. The third-order valence-corrected chi connectivity index (χ3v) is 3.96. The Balaban J connectivity index is 1.76.